The summed E-state index contributed by atoms with van der Waals surface area (Å²) in [6, 6.07) is 2.17. The van der Waals surface area contributed by atoms with E-state index in [4.69, 9.17) is 0 Å². The summed E-state index contributed by atoms with van der Waals surface area (Å²) in [6.45, 7) is 10.4. The quantitative estimate of drug-likeness (QED) is 0.916. The highest BCUT2D eigenvalue weighted by Crippen LogP contribution is 2.15. The Balaban J connectivity index is 1.88. The lowest BCUT2D eigenvalue weighted by Gasteiger charge is -2.35. The van der Waals surface area contributed by atoms with Crippen LogP contribution in [0.15, 0.2) is 6.07 Å². The number of hydrogen-bond acceptors (Lipinski definition) is 2. The van der Waals surface area contributed by atoms with Crippen molar-refractivity contribution >= 4 is 11.9 Å². The maximum absolute atomic E-state index is 12.5. The number of aromatic nitrogens is 1. The third-order valence-corrected chi connectivity index (χ3v) is 4.55. The van der Waals surface area contributed by atoms with E-state index in [1.165, 1.54) is 5.69 Å². The Morgan fingerprint density at radius 1 is 1.13 bits per heavy atom. The molecule has 0 radical (unpaired) electrons. The van der Waals surface area contributed by atoms with Gasteiger partial charge in [-0.25, -0.2) is 4.79 Å². The summed E-state index contributed by atoms with van der Waals surface area (Å²) < 4.78 is 2.11. The minimum Gasteiger partial charge on any atom is -0.352 e. The zero-order valence-electron chi connectivity index (χ0n) is 14.8. The van der Waals surface area contributed by atoms with E-state index in [2.05, 4.69) is 16.0 Å². The van der Waals surface area contributed by atoms with Gasteiger partial charge in [0.2, 0.25) is 5.91 Å². The Bertz CT molecular complexity index is 584. The van der Waals surface area contributed by atoms with Gasteiger partial charge in [0, 0.05) is 50.7 Å². The number of rotatable bonds is 3. The van der Waals surface area contributed by atoms with Crippen molar-refractivity contribution in [2.24, 2.45) is 7.05 Å². The Labute approximate surface area is 138 Å². The Kier molecular flexibility index (Phi) is 5.34. The molecule has 6 heteroatoms. The van der Waals surface area contributed by atoms with Gasteiger partial charge in [0.15, 0.2) is 0 Å². The van der Waals surface area contributed by atoms with E-state index in [0.29, 0.717) is 32.6 Å². The highest BCUT2D eigenvalue weighted by atomic mass is 16.2. The fourth-order valence-electron chi connectivity index (χ4n) is 2.88. The minimum atomic E-state index is -0.0402. The third kappa shape index (κ3) is 4.06. The molecule has 128 valence electrons. The standard InChI is InChI=1S/C17H28N4O2/c1-12(2)18-17(23)21-8-6-20(7-9-21)16(22)11-15-10-13(3)19(5)14(15)4/h10,12H,6-9,11H2,1-5H3,(H,18,23). The van der Waals surface area contributed by atoms with Gasteiger partial charge >= 0.3 is 6.03 Å². The van der Waals surface area contributed by atoms with Crippen molar-refractivity contribution in [3.8, 4) is 0 Å². The van der Waals surface area contributed by atoms with E-state index in [1.807, 2.05) is 39.6 Å². The third-order valence-electron chi connectivity index (χ3n) is 4.55. The predicted molar refractivity (Wildman–Crippen MR) is 90.4 cm³/mol. The van der Waals surface area contributed by atoms with Gasteiger partial charge in [0.05, 0.1) is 6.42 Å². The maximum atomic E-state index is 12.5. The SMILES string of the molecule is Cc1cc(CC(=O)N2CCN(C(=O)NC(C)C)CC2)c(C)n1C. The molecule has 2 rings (SSSR count). The normalized spacial score (nSPS) is 15.2. The van der Waals surface area contributed by atoms with Gasteiger partial charge in [-0.15, -0.1) is 0 Å². The van der Waals surface area contributed by atoms with Gasteiger partial charge < -0.3 is 19.7 Å². The van der Waals surface area contributed by atoms with Crippen LogP contribution in [0.25, 0.3) is 0 Å². The number of hydrogen-bond donors (Lipinski definition) is 1. The molecule has 0 aliphatic carbocycles. The molecule has 2 heterocycles. The van der Waals surface area contributed by atoms with Crippen LogP contribution >= 0.6 is 0 Å². The molecule has 1 aromatic heterocycles. The van der Waals surface area contributed by atoms with E-state index in [1.54, 1.807) is 4.90 Å². The molecule has 0 spiro atoms. The van der Waals surface area contributed by atoms with Crippen LogP contribution in [0.1, 0.15) is 30.8 Å². The largest absolute Gasteiger partial charge is 0.352 e. The summed E-state index contributed by atoms with van der Waals surface area (Å²) >= 11 is 0. The fraction of sp³-hybridized carbons (Fsp3) is 0.647. The van der Waals surface area contributed by atoms with E-state index in [0.717, 1.165) is 11.3 Å². The molecule has 23 heavy (non-hydrogen) atoms. The highest BCUT2D eigenvalue weighted by Gasteiger charge is 2.25. The average Bonchev–Trinajstić information content (AvgIpc) is 2.74. The van der Waals surface area contributed by atoms with Crippen LogP contribution in [0, 0.1) is 13.8 Å². The van der Waals surface area contributed by atoms with Gasteiger partial charge in [-0.3, -0.25) is 4.79 Å². The second kappa shape index (κ2) is 7.06. The number of piperazine rings is 1. The number of aryl methyl sites for hydroxylation is 1. The number of nitrogens with zero attached hydrogens (tertiary/aromatic N) is 3. The van der Waals surface area contributed by atoms with E-state index in [9.17, 15) is 9.59 Å². The fourth-order valence-corrected chi connectivity index (χ4v) is 2.88. The van der Waals surface area contributed by atoms with Crippen LogP contribution in [0.4, 0.5) is 4.79 Å². The van der Waals surface area contributed by atoms with Crippen LogP contribution < -0.4 is 5.32 Å². The molecule has 0 saturated carbocycles. The lowest BCUT2D eigenvalue weighted by atomic mass is 10.1. The molecular weight excluding hydrogens is 292 g/mol. The first-order chi connectivity index (χ1) is 10.8. The smallest absolute Gasteiger partial charge is 0.317 e. The lowest BCUT2D eigenvalue weighted by Crippen LogP contribution is -2.54. The van der Waals surface area contributed by atoms with Crippen LogP contribution in [0.5, 0.6) is 0 Å². The molecular formula is C17H28N4O2. The van der Waals surface area contributed by atoms with Gasteiger partial charge in [0.1, 0.15) is 0 Å². The molecule has 0 aromatic carbocycles. The molecule has 1 fully saturated rings. The lowest BCUT2D eigenvalue weighted by molar-refractivity contribution is -0.131. The van der Waals surface area contributed by atoms with Crippen LogP contribution in [-0.2, 0) is 18.3 Å². The van der Waals surface area contributed by atoms with Crippen LogP contribution in [0.2, 0.25) is 0 Å². The molecule has 0 atom stereocenters. The molecule has 1 saturated heterocycles. The molecule has 0 bridgehead atoms. The van der Waals surface area contributed by atoms with Crippen molar-refractivity contribution in [3.63, 3.8) is 0 Å². The predicted octanol–water partition coefficient (Wildman–Crippen LogP) is 1.45. The minimum absolute atomic E-state index is 0.0402. The van der Waals surface area contributed by atoms with Gasteiger partial charge in [0.25, 0.3) is 0 Å². The molecule has 1 N–H and O–H groups in total. The highest BCUT2D eigenvalue weighted by molar-refractivity contribution is 5.80. The van der Waals surface area contributed by atoms with Crippen molar-refractivity contribution in [2.75, 3.05) is 26.2 Å². The zero-order chi connectivity index (χ0) is 17.1. The summed E-state index contributed by atoms with van der Waals surface area (Å²) in [5, 5.41) is 2.89. The number of carbonyl (C=O) groups is 2. The first-order valence-electron chi connectivity index (χ1n) is 8.24. The molecule has 0 unspecified atom stereocenters. The average molecular weight is 320 g/mol. The summed E-state index contributed by atoms with van der Waals surface area (Å²) in [6.07, 6.45) is 0.436. The summed E-state index contributed by atoms with van der Waals surface area (Å²) in [7, 11) is 2.02. The summed E-state index contributed by atoms with van der Waals surface area (Å²) in [5.74, 6) is 0.141. The van der Waals surface area contributed by atoms with E-state index >= 15 is 0 Å². The van der Waals surface area contributed by atoms with Gasteiger partial charge in [-0.1, -0.05) is 0 Å². The van der Waals surface area contributed by atoms with E-state index < -0.39 is 0 Å². The molecule has 1 aliphatic heterocycles. The summed E-state index contributed by atoms with van der Waals surface area (Å²) in [4.78, 5) is 28.1. The maximum Gasteiger partial charge on any atom is 0.317 e. The Morgan fingerprint density at radius 3 is 2.17 bits per heavy atom. The van der Waals surface area contributed by atoms with E-state index in [-0.39, 0.29) is 18.0 Å². The molecule has 1 aliphatic rings. The van der Waals surface area contributed by atoms with Crippen molar-refractivity contribution in [3.05, 3.63) is 23.0 Å². The first kappa shape index (κ1) is 17.4. The van der Waals surface area contributed by atoms with Crippen LogP contribution in [-0.4, -0.2) is 58.5 Å². The monoisotopic (exact) mass is 320 g/mol. The number of amides is 3. The number of nitrogens with one attached hydrogen (secondary N) is 1. The van der Waals surface area contributed by atoms with Crippen LogP contribution in [0.3, 0.4) is 0 Å². The first-order valence-corrected chi connectivity index (χ1v) is 8.24. The number of urea groups is 1. The second-order valence-corrected chi connectivity index (χ2v) is 6.60. The van der Waals surface area contributed by atoms with Gasteiger partial charge in [-0.05, 0) is 39.3 Å². The van der Waals surface area contributed by atoms with Crippen molar-refractivity contribution in [1.29, 1.82) is 0 Å². The second-order valence-electron chi connectivity index (χ2n) is 6.60. The molecule has 6 nitrogen and oxygen atoms in total. The summed E-state index contributed by atoms with van der Waals surface area (Å²) in [5.41, 5.74) is 3.40. The number of carbonyl (C=O) groups excluding carboxylic acids is 2. The Morgan fingerprint density at radius 2 is 1.70 bits per heavy atom. The van der Waals surface area contributed by atoms with Crippen molar-refractivity contribution < 1.29 is 9.59 Å². The molecule has 3 amide bonds. The Hall–Kier alpha value is -1.98. The van der Waals surface area contributed by atoms with Gasteiger partial charge in [-0.2, -0.15) is 0 Å². The van der Waals surface area contributed by atoms with Crippen molar-refractivity contribution in [1.82, 2.24) is 19.7 Å². The zero-order valence-corrected chi connectivity index (χ0v) is 14.8. The van der Waals surface area contributed by atoms with Crippen molar-refractivity contribution in [2.45, 2.75) is 40.2 Å². The molecule has 1 aromatic rings. The topological polar surface area (TPSA) is 57.6 Å².